The van der Waals surface area contributed by atoms with Gasteiger partial charge in [-0.25, -0.2) is 8.78 Å². The van der Waals surface area contributed by atoms with E-state index in [-0.39, 0.29) is 6.42 Å². The van der Waals surface area contributed by atoms with Gasteiger partial charge in [0.15, 0.2) is 11.6 Å². The lowest BCUT2D eigenvalue weighted by Crippen LogP contribution is -2.09. The van der Waals surface area contributed by atoms with Crippen LogP contribution in [0.5, 0.6) is 5.75 Å². The van der Waals surface area contributed by atoms with Crippen molar-refractivity contribution in [1.29, 1.82) is 0 Å². The van der Waals surface area contributed by atoms with Crippen LogP contribution in [0.15, 0.2) is 36.4 Å². The Kier molecular flexibility index (Phi) is 4.11. The number of fused-ring (bicyclic) bond motifs is 1. The summed E-state index contributed by atoms with van der Waals surface area (Å²) < 4.78 is 32.5. The zero-order chi connectivity index (χ0) is 14.8. The van der Waals surface area contributed by atoms with Crippen molar-refractivity contribution in [3.05, 3.63) is 64.7 Å². The molecule has 0 saturated heterocycles. The number of hydrogen-bond donors (Lipinski definition) is 0. The molecule has 0 N–H and O–H groups in total. The highest BCUT2D eigenvalue weighted by molar-refractivity contribution is 6.20. The minimum atomic E-state index is -0.838. The molecule has 0 amide bonds. The average Bonchev–Trinajstić information content (AvgIpc) is 2.51. The van der Waals surface area contributed by atoms with Crippen LogP contribution in [-0.4, -0.2) is 6.61 Å². The van der Waals surface area contributed by atoms with Gasteiger partial charge in [-0.1, -0.05) is 24.3 Å². The number of benzene rings is 2. The highest BCUT2D eigenvalue weighted by atomic mass is 35.5. The summed E-state index contributed by atoms with van der Waals surface area (Å²) in [7, 11) is 0. The molecule has 0 radical (unpaired) electrons. The van der Waals surface area contributed by atoms with E-state index in [1.54, 1.807) is 6.07 Å². The van der Waals surface area contributed by atoms with Crippen molar-refractivity contribution >= 4 is 11.6 Å². The lowest BCUT2D eigenvalue weighted by atomic mass is 9.98. The fourth-order valence-corrected chi connectivity index (χ4v) is 2.89. The minimum Gasteiger partial charge on any atom is -0.493 e. The third-order valence-corrected chi connectivity index (χ3v) is 4.13. The van der Waals surface area contributed by atoms with Gasteiger partial charge in [-0.3, -0.25) is 0 Å². The Morgan fingerprint density at radius 2 is 2.05 bits per heavy atom. The third-order valence-electron chi connectivity index (χ3n) is 3.72. The van der Waals surface area contributed by atoms with Crippen LogP contribution in [0.25, 0.3) is 0 Å². The second kappa shape index (κ2) is 6.02. The maximum Gasteiger partial charge on any atom is 0.162 e. The van der Waals surface area contributed by atoms with Crippen molar-refractivity contribution in [2.24, 2.45) is 0 Å². The molecule has 4 heteroatoms. The fourth-order valence-electron chi connectivity index (χ4n) is 2.59. The SMILES string of the molecule is Fc1cccc(CC(Cl)c2ccc3c(c2)CCCO3)c1F. The first-order valence-corrected chi connectivity index (χ1v) is 7.41. The first-order valence-electron chi connectivity index (χ1n) is 6.98. The van der Waals surface area contributed by atoms with Gasteiger partial charge in [0.2, 0.25) is 0 Å². The molecule has 0 spiro atoms. The van der Waals surface area contributed by atoms with E-state index in [1.807, 2.05) is 18.2 Å². The Hall–Kier alpha value is -1.61. The van der Waals surface area contributed by atoms with Gasteiger partial charge in [-0.05, 0) is 48.1 Å². The van der Waals surface area contributed by atoms with Crippen LogP contribution in [0.4, 0.5) is 8.78 Å². The lowest BCUT2D eigenvalue weighted by molar-refractivity contribution is 0.288. The summed E-state index contributed by atoms with van der Waals surface area (Å²) in [5.41, 5.74) is 2.33. The van der Waals surface area contributed by atoms with Crippen LogP contribution in [0.1, 0.15) is 28.5 Å². The maximum atomic E-state index is 13.7. The number of aryl methyl sites for hydroxylation is 1. The molecular formula is C17H15ClF2O. The quantitative estimate of drug-likeness (QED) is 0.739. The van der Waals surface area contributed by atoms with Gasteiger partial charge < -0.3 is 4.74 Å². The van der Waals surface area contributed by atoms with Crippen LogP contribution in [-0.2, 0) is 12.8 Å². The molecule has 0 aliphatic carbocycles. The van der Waals surface area contributed by atoms with E-state index >= 15 is 0 Å². The molecule has 0 saturated carbocycles. The molecule has 1 aliphatic heterocycles. The molecule has 0 bridgehead atoms. The monoisotopic (exact) mass is 308 g/mol. The van der Waals surface area contributed by atoms with E-state index in [9.17, 15) is 8.78 Å². The molecule has 3 rings (SSSR count). The lowest BCUT2D eigenvalue weighted by Gasteiger charge is -2.19. The van der Waals surface area contributed by atoms with Crippen LogP contribution >= 0.6 is 11.6 Å². The Morgan fingerprint density at radius 3 is 2.90 bits per heavy atom. The molecule has 1 unspecified atom stereocenters. The molecule has 1 heterocycles. The van der Waals surface area contributed by atoms with Crippen LogP contribution < -0.4 is 4.74 Å². The van der Waals surface area contributed by atoms with Gasteiger partial charge in [0.25, 0.3) is 0 Å². The smallest absolute Gasteiger partial charge is 0.162 e. The molecule has 2 aromatic rings. The Balaban J connectivity index is 1.82. The maximum absolute atomic E-state index is 13.7. The van der Waals surface area contributed by atoms with Gasteiger partial charge in [-0.2, -0.15) is 0 Å². The molecule has 1 aliphatic rings. The average molecular weight is 309 g/mol. The predicted molar refractivity (Wildman–Crippen MR) is 78.9 cm³/mol. The second-order valence-corrected chi connectivity index (χ2v) is 5.73. The molecular weight excluding hydrogens is 294 g/mol. The number of rotatable bonds is 3. The highest BCUT2D eigenvalue weighted by Gasteiger charge is 2.17. The minimum absolute atomic E-state index is 0.255. The summed E-state index contributed by atoms with van der Waals surface area (Å²) in [6, 6.07) is 9.97. The summed E-state index contributed by atoms with van der Waals surface area (Å²) in [5.74, 6) is -0.759. The van der Waals surface area contributed by atoms with Crippen molar-refractivity contribution in [1.82, 2.24) is 0 Å². The number of hydrogen-bond acceptors (Lipinski definition) is 1. The van der Waals surface area contributed by atoms with Gasteiger partial charge in [0.1, 0.15) is 5.75 Å². The van der Waals surface area contributed by atoms with Crippen LogP contribution in [0.3, 0.4) is 0 Å². The fraction of sp³-hybridized carbons (Fsp3) is 0.294. The van der Waals surface area contributed by atoms with E-state index in [0.717, 1.165) is 42.4 Å². The summed E-state index contributed by atoms with van der Waals surface area (Å²) in [4.78, 5) is 0. The Labute approximate surface area is 127 Å². The number of alkyl halides is 1. The summed E-state index contributed by atoms with van der Waals surface area (Å²) in [5, 5.41) is -0.395. The number of ether oxygens (including phenoxy) is 1. The van der Waals surface area contributed by atoms with Crippen LogP contribution in [0, 0.1) is 11.6 Å². The summed E-state index contributed by atoms with van der Waals surface area (Å²) in [6.45, 7) is 0.741. The Bertz CT molecular complexity index is 657. The zero-order valence-corrected chi connectivity index (χ0v) is 12.2. The molecule has 21 heavy (non-hydrogen) atoms. The van der Waals surface area contributed by atoms with Gasteiger partial charge in [0.05, 0.1) is 12.0 Å². The van der Waals surface area contributed by atoms with Crippen molar-refractivity contribution < 1.29 is 13.5 Å². The standard InChI is InChI=1S/C17H15ClF2O/c18-14(10-13-3-1-5-15(19)17(13)20)11-6-7-16-12(9-11)4-2-8-21-16/h1,3,5-7,9,14H,2,4,8,10H2. The zero-order valence-electron chi connectivity index (χ0n) is 11.4. The molecule has 110 valence electrons. The summed E-state index contributed by atoms with van der Waals surface area (Å²) >= 11 is 6.38. The Morgan fingerprint density at radius 1 is 1.19 bits per heavy atom. The molecule has 1 atom stereocenters. The third kappa shape index (κ3) is 3.03. The largest absolute Gasteiger partial charge is 0.493 e. The van der Waals surface area contributed by atoms with E-state index < -0.39 is 17.0 Å². The van der Waals surface area contributed by atoms with Crippen LogP contribution in [0.2, 0.25) is 0 Å². The van der Waals surface area contributed by atoms with Crippen molar-refractivity contribution in [3.8, 4) is 5.75 Å². The highest BCUT2D eigenvalue weighted by Crippen LogP contribution is 2.32. The first-order chi connectivity index (χ1) is 10.1. The summed E-state index contributed by atoms with van der Waals surface area (Å²) in [6.07, 6.45) is 2.20. The molecule has 2 aromatic carbocycles. The predicted octanol–water partition coefficient (Wildman–Crippen LogP) is 4.81. The van der Waals surface area contributed by atoms with E-state index in [2.05, 4.69) is 0 Å². The molecule has 0 aromatic heterocycles. The molecule has 1 nitrogen and oxygen atoms in total. The van der Waals surface area contributed by atoms with Crippen molar-refractivity contribution in [2.45, 2.75) is 24.6 Å². The van der Waals surface area contributed by atoms with E-state index in [0.29, 0.717) is 5.56 Å². The first kappa shape index (κ1) is 14.3. The van der Waals surface area contributed by atoms with Gasteiger partial charge in [-0.15, -0.1) is 11.6 Å². The van der Waals surface area contributed by atoms with Crippen molar-refractivity contribution in [3.63, 3.8) is 0 Å². The van der Waals surface area contributed by atoms with Gasteiger partial charge in [0, 0.05) is 0 Å². The second-order valence-electron chi connectivity index (χ2n) is 5.20. The van der Waals surface area contributed by atoms with Gasteiger partial charge >= 0.3 is 0 Å². The van der Waals surface area contributed by atoms with E-state index in [1.165, 1.54) is 6.07 Å². The topological polar surface area (TPSA) is 9.23 Å². The normalized spacial score (nSPS) is 15.2. The molecule has 0 fully saturated rings. The van der Waals surface area contributed by atoms with E-state index in [4.69, 9.17) is 16.3 Å². The number of halogens is 3. The van der Waals surface area contributed by atoms with Crippen molar-refractivity contribution in [2.75, 3.05) is 6.61 Å².